The van der Waals surface area contributed by atoms with Gasteiger partial charge >= 0.3 is 11.9 Å². The molecule has 0 aromatic carbocycles. The van der Waals surface area contributed by atoms with Gasteiger partial charge in [-0.15, -0.1) is 13.0 Å². The molecule has 114 valence electrons. The maximum absolute atomic E-state index is 12.1. The first-order valence-electron chi connectivity index (χ1n) is 6.11. The number of rotatable bonds is 6. The Labute approximate surface area is 122 Å². The third-order valence-electron chi connectivity index (χ3n) is 3.20. The number of nitrogens with zero attached hydrogens (tertiary/aromatic N) is 1. The Balaban J connectivity index is 3.33. The molecule has 0 spiro atoms. The van der Waals surface area contributed by atoms with E-state index in [-0.39, 0.29) is 13.2 Å². The number of carbonyl (C=O) groups is 3. The van der Waals surface area contributed by atoms with Crippen molar-refractivity contribution in [3.05, 3.63) is 12.7 Å². The number of carbonyl (C=O) groups excluding carboxylic acids is 3. The third kappa shape index (κ3) is 2.76. The molecule has 1 atom stereocenters. The molecule has 1 amide bonds. The van der Waals surface area contributed by atoms with E-state index in [0.29, 0.717) is 0 Å². The summed E-state index contributed by atoms with van der Waals surface area (Å²) in [5, 5.41) is 0. The molecular formula is C14H17NO6. The Morgan fingerprint density at radius 2 is 2.05 bits per heavy atom. The van der Waals surface area contributed by atoms with Gasteiger partial charge in [0.2, 0.25) is 11.3 Å². The van der Waals surface area contributed by atoms with Gasteiger partial charge in [0.1, 0.15) is 6.61 Å². The highest BCUT2D eigenvalue weighted by Gasteiger charge is 2.64. The summed E-state index contributed by atoms with van der Waals surface area (Å²) in [6, 6.07) is 0. The zero-order valence-corrected chi connectivity index (χ0v) is 12.0. The predicted octanol–water partition coefficient (Wildman–Crippen LogP) is -0.287. The van der Waals surface area contributed by atoms with Gasteiger partial charge in [-0.25, -0.2) is 0 Å². The van der Waals surface area contributed by atoms with Gasteiger partial charge in [0.25, 0.3) is 0 Å². The monoisotopic (exact) mass is 295 g/mol. The fourth-order valence-corrected chi connectivity index (χ4v) is 2.31. The maximum atomic E-state index is 12.1. The van der Waals surface area contributed by atoms with Crippen LogP contribution in [0.5, 0.6) is 0 Å². The van der Waals surface area contributed by atoms with Gasteiger partial charge in [0.05, 0.1) is 20.6 Å². The van der Waals surface area contributed by atoms with Gasteiger partial charge in [-0.1, -0.05) is 12.0 Å². The van der Waals surface area contributed by atoms with Crippen LogP contribution in [0.3, 0.4) is 0 Å². The lowest BCUT2D eigenvalue weighted by atomic mass is 9.85. The molecule has 7 nitrogen and oxygen atoms in total. The largest absolute Gasteiger partial charge is 0.468 e. The Morgan fingerprint density at radius 1 is 1.48 bits per heavy atom. The number of methoxy groups -OCH3 is 2. The summed E-state index contributed by atoms with van der Waals surface area (Å²) in [6.07, 6.45) is 4.99. The van der Waals surface area contributed by atoms with Gasteiger partial charge in [0.15, 0.2) is 6.23 Å². The van der Waals surface area contributed by atoms with E-state index < -0.39 is 35.9 Å². The molecular weight excluding hydrogens is 278 g/mol. The van der Waals surface area contributed by atoms with Crippen molar-refractivity contribution in [1.29, 1.82) is 0 Å². The lowest BCUT2D eigenvalue weighted by molar-refractivity contribution is -0.184. The van der Waals surface area contributed by atoms with Crippen LogP contribution >= 0.6 is 0 Å². The van der Waals surface area contributed by atoms with E-state index in [4.69, 9.17) is 11.2 Å². The van der Waals surface area contributed by atoms with Crippen molar-refractivity contribution in [2.45, 2.75) is 12.6 Å². The summed E-state index contributed by atoms with van der Waals surface area (Å²) in [7, 11) is 2.23. The van der Waals surface area contributed by atoms with Crippen molar-refractivity contribution in [1.82, 2.24) is 4.90 Å². The third-order valence-corrected chi connectivity index (χ3v) is 3.20. The zero-order chi connectivity index (χ0) is 16.0. The quantitative estimate of drug-likeness (QED) is 0.290. The van der Waals surface area contributed by atoms with Gasteiger partial charge in [-0.2, -0.15) is 0 Å². The highest BCUT2D eigenvalue weighted by atomic mass is 16.6. The minimum atomic E-state index is -1.89. The molecule has 7 heteroatoms. The molecule has 1 heterocycles. The number of amides is 1. The standard InChI is InChI=1S/C14H17NO6/c1-5-7-15-10(16)9-14(12(17)19-3,13(18)20-4)11(15)21-8-6-2/h2,5,11H,1,7-9H2,3-4H3. The molecule has 0 N–H and O–H groups in total. The average molecular weight is 295 g/mol. The molecule has 21 heavy (non-hydrogen) atoms. The Hall–Kier alpha value is -2.33. The molecule has 0 aromatic heterocycles. The number of hydrogen-bond acceptors (Lipinski definition) is 6. The summed E-state index contributed by atoms with van der Waals surface area (Å²) < 4.78 is 14.7. The second-order valence-electron chi connectivity index (χ2n) is 4.33. The molecule has 1 unspecified atom stereocenters. The number of esters is 2. The second kappa shape index (κ2) is 6.90. The van der Waals surface area contributed by atoms with E-state index in [2.05, 4.69) is 22.0 Å². The van der Waals surface area contributed by atoms with Crippen molar-refractivity contribution in [3.63, 3.8) is 0 Å². The van der Waals surface area contributed by atoms with E-state index in [0.717, 1.165) is 14.2 Å². The van der Waals surface area contributed by atoms with Crippen LogP contribution in [-0.4, -0.2) is 56.3 Å². The average Bonchev–Trinajstić information content (AvgIpc) is 2.77. The van der Waals surface area contributed by atoms with Gasteiger partial charge in [-0.3, -0.25) is 14.4 Å². The first-order chi connectivity index (χ1) is 9.99. The Bertz CT molecular complexity index is 476. The van der Waals surface area contributed by atoms with Crippen molar-refractivity contribution in [2.75, 3.05) is 27.4 Å². The molecule has 1 rings (SSSR count). The first-order valence-corrected chi connectivity index (χ1v) is 6.11. The maximum Gasteiger partial charge on any atom is 0.328 e. The summed E-state index contributed by atoms with van der Waals surface area (Å²) >= 11 is 0. The molecule has 0 radical (unpaired) electrons. The summed E-state index contributed by atoms with van der Waals surface area (Å²) in [5.74, 6) is -0.0301. The molecule has 0 saturated carbocycles. The number of ether oxygens (including phenoxy) is 3. The van der Waals surface area contributed by atoms with Crippen molar-refractivity contribution >= 4 is 17.8 Å². The zero-order valence-electron chi connectivity index (χ0n) is 12.0. The van der Waals surface area contributed by atoms with Crippen LogP contribution < -0.4 is 0 Å². The highest BCUT2D eigenvalue weighted by molar-refractivity contribution is 6.06. The lowest BCUT2D eigenvalue weighted by Gasteiger charge is -2.32. The molecule has 0 bridgehead atoms. The molecule has 1 aliphatic heterocycles. The van der Waals surface area contributed by atoms with E-state index in [9.17, 15) is 14.4 Å². The topological polar surface area (TPSA) is 82.1 Å². The first kappa shape index (κ1) is 16.7. The number of hydrogen-bond donors (Lipinski definition) is 0. The normalized spacial score (nSPS) is 19.8. The minimum Gasteiger partial charge on any atom is -0.468 e. The van der Waals surface area contributed by atoms with E-state index in [1.54, 1.807) is 0 Å². The van der Waals surface area contributed by atoms with Crippen LogP contribution in [0, 0.1) is 17.8 Å². The molecule has 1 aliphatic rings. The number of terminal acetylenes is 1. The smallest absolute Gasteiger partial charge is 0.328 e. The lowest BCUT2D eigenvalue weighted by Crippen LogP contribution is -2.52. The van der Waals surface area contributed by atoms with Crippen molar-refractivity contribution in [3.8, 4) is 12.3 Å². The fourth-order valence-electron chi connectivity index (χ4n) is 2.31. The van der Waals surface area contributed by atoms with Crippen molar-refractivity contribution < 1.29 is 28.6 Å². The van der Waals surface area contributed by atoms with Crippen LogP contribution in [0.1, 0.15) is 6.42 Å². The van der Waals surface area contributed by atoms with Gasteiger partial charge in [0, 0.05) is 6.54 Å². The minimum absolute atomic E-state index is 0.101. The molecule has 0 aromatic rings. The highest BCUT2D eigenvalue weighted by Crippen LogP contribution is 2.41. The summed E-state index contributed by atoms with van der Waals surface area (Å²) in [5.41, 5.74) is -1.89. The van der Waals surface area contributed by atoms with E-state index in [1.165, 1.54) is 11.0 Å². The van der Waals surface area contributed by atoms with E-state index in [1.807, 2.05) is 0 Å². The van der Waals surface area contributed by atoms with Crippen LogP contribution in [-0.2, 0) is 28.6 Å². The molecule has 1 saturated heterocycles. The number of likely N-dealkylation sites (tertiary alicyclic amines) is 1. The van der Waals surface area contributed by atoms with Crippen LogP contribution in [0.2, 0.25) is 0 Å². The Morgan fingerprint density at radius 3 is 2.48 bits per heavy atom. The van der Waals surface area contributed by atoms with Crippen LogP contribution in [0.15, 0.2) is 12.7 Å². The summed E-state index contributed by atoms with van der Waals surface area (Å²) in [6.45, 7) is 3.45. The van der Waals surface area contributed by atoms with Crippen molar-refractivity contribution in [2.24, 2.45) is 5.41 Å². The van der Waals surface area contributed by atoms with Crippen LogP contribution in [0.25, 0.3) is 0 Å². The summed E-state index contributed by atoms with van der Waals surface area (Å²) in [4.78, 5) is 37.6. The van der Waals surface area contributed by atoms with Gasteiger partial charge < -0.3 is 19.1 Å². The van der Waals surface area contributed by atoms with Crippen LogP contribution in [0.4, 0.5) is 0 Å². The predicted molar refractivity (Wildman–Crippen MR) is 71.6 cm³/mol. The Kier molecular flexibility index (Phi) is 5.50. The van der Waals surface area contributed by atoms with E-state index >= 15 is 0 Å². The SMILES string of the molecule is C#CCOC1N(CC=C)C(=O)CC1(C(=O)OC)C(=O)OC. The van der Waals surface area contributed by atoms with Gasteiger partial charge in [-0.05, 0) is 0 Å². The molecule has 0 aliphatic carbocycles. The molecule has 1 fully saturated rings. The fraction of sp³-hybridized carbons (Fsp3) is 0.500. The second-order valence-corrected chi connectivity index (χ2v) is 4.33.